The van der Waals surface area contributed by atoms with Crippen LogP contribution in [0.2, 0.25) is 0 Å². The maximum absolute atomic E-state index is 12.1. The molecule has 2 rings (SSSR count). The third kappa shape index (κ3) is 3.72. The monoisotopic (exact) mass is 306 g/mol. The zero-order valence-electron chi connectivity index (χ0n) is 11.6. The Morgan fingerprint density at radius 3 is 2.82 bits per heavy atom. The van der Waals surface area contributed by atoms with Crippen molar-refractivity contribution in [2.45, 2.75) is 12.5 Å². The SMILES string of the molecule is COC(=O)[C@@H](Cc1cnc[nH]1)NC(=O)c1cc(O)[nH]c(=O)c1. The van der Waals surface area contributed by atoms with E-state index in [1.807, 2.05) is 0 Å². The average molecular weight is 306 g/mol. The molecule has 0 aliphatic rings. The number of H-pyrrole nitrogens is 2. The van der Waals surface area contributed by atoms with Gasteiger partial charge in [-0.1, -0.05) is 0 Å². The number of nitrogens with one attached hydrogen (secondary N) is 3. The van der Waals surface area contributed by atoms with Crippen molar-refractivity contribution in [1.82, 2.24) is 20.3 Å². The normalized spacial score (nSPS) is 11.7. The topological polar surface area (TPSA) is 137 Å². The number of hydrogen-bond donors (Lipinski definition) is 4. The summed E-state index contributed by atoms with van der Waals surface area (Å²) in [5, 5.41) is 11.8. The van der Waals surface area contributed by atoms with E-state index in [1.54, 1.807) is 0 Å². The number of carbonyl (C=O) groups excluding carboxylic acids is 2. The molecule has 9 heteroatoms. The van der Waals surface area contributed by atoms with Gasteiger partial charge in [0.1, 0.15) is 6.04 Å². The van der Waals surface area contributed by atoms with Gasteiger partial charge in [-0.05, 0) is 0 Å². The fourth-order valence-electron chi connectivity index (χ4n) is 1.85. The van der Waals surface area contributed by atoms with Crippen LogP contribution in [0.15, 0.2) is 29.5 Å². The van der Waals surface area contributed by atoms with Gasteiger partial charge in [-0.2, -0.15) is 0 Å². The number of nitrogens with zero attached hydrogens (tertiary/aromatic N) is 1. The second-order valence-electron chi connectivity index (χ2n) is 4.45. The predicted molar refractivity (Wildman–Crippen MR) is 74.3 cm³/mol. The Morgan fingerprint density at radius 2 is 2.23 bits per heavy atom. The molecule has 9 nitrogen and oxygen atoms in total. The molecule has 0 radical (unpaired) electrons. The first-order valence-electron chi connectivity index (χ1n) is 6.29. The summed E-state index contributed by atoms with van der Waals surface area (Å²) >= 11 is 0. The molecular formula is C13H14N4O5. The van der Waals surface area contributed by atoms with Gasteiger partial charge in [-0.15, -0.1) is 0 Å². The molecule has 2 aromatic rings. The molecular weight excluding hydrogens is 292 g/mol. The van der Waals surface area contributed by atoms with Gasteiger partial charge in [-0.3, -0.25) is 14.6 Å². The standard InChI is InChI=1S/C13H14N4O5/c1-22-13(21)9(4-8-5-14-6-15-8)16-12(20)7-2-10(18)17-11(19)3-7/h2-3,5-6,9H,4H2,1H3,(H,14,15)(H,16,20)(H2,17,18,19)/t9-/m1/s1. The van der Waals surface area contributed by atoms with E-state index in [4.69, 9.17) is 0 Å². The van der Waals surface area contributed by atoms with Crippen LogP contribution in [0.3, 0.4) is 0 Å². The van der Waals surface area contributed by atoms with Crippen molar-refractivity contribution >= 4 is 11.9 Å². The number of carbonyl (C=O) groups is 2. The second kappa shape index (κ2) is 6.57. The number of aromatic nitrogens is 3. The first-order valence-corrected chi connectivity index (χ1v) is 6.29. The minimum Gasteiger partial charge on any atom is -0.494 e. The minimum absolute atomic E-state index is 0.0697. The smallest absolute Gasteiger partial charge is 0.328 e. The van der Waals surface area contributed by atoms with Gasteiger partial charge in [0, 0.05) is 30.4 Å². The van der Waals surface area contributed by atoms with Crippen molar-refractivity contribution in [3.8, 4) is 5.88 Å². The van der Waals surface area contributed by atoms with Crippen LogP contribution in [-0.4, -0.2) is 45.1 Å². The number of ether oxygens (including phenoxy) is 1. The van der Waals surface area contributed by atoms with Gasteiger partial charge >= 0.3 is 5.97 Å². The summed E-state index contributed by atoms with van der Waals surface area (Å²) in [5.41, 5.74) is -0.0717. The Balaban J connectivity index is 2.17. The van der Waals surface area contributed by atoms with Gasteiger partial charge in [-0.25, -0.2) is 9.78 Å². The molecule has 0 spiro atoms. The van der Waals surface area contributed by atoms with Crippen LogP contribution in [0.4, 0.5) is 0 Å². The predicted octanol–water partition coefficient (Wildman–Crippen LogP) is -0.682. The summed E-state index contributed by atoms with van der Waals surface area (Å²) in [5.74, 6) is -1.77. The first kappa shape index (κ1) is 15.3. The lowest BCUT2D eigenvalue weighted by Gasteiger charge is -2.15. The molecule has 116 valence electrons. The van der Waals surface area contributed by atoms with E-state index < -0.39 is 29.4 Å². The van der Waals surface area contributed by atoms with Gasteiger partial charge < -0.3 is 20.1 Å². The van der Waals surface area contributed by atoms with Crippen LogP contribution in [0.5, 0.6) is 5.88 Å². The molecule has 1 atom stereocenters. The fourth-order valence-corrected chi connectivity index (χ4v) is 1.85. The maximum atomic E-state index is 12.1. The second-order valence-corrected chi connectivity index (χ2v) is 4.45. The molecule has 0 aromatic carbocycles. The van der Waals surface area contributed by atoms with Crippen molar-refractivity contribution in [1.29, 1.82) is 0 Å². The Bertz CT molecular complexity index is 722. The van der Waals surface area contributed by atoms with E-state index in [9.17, 15) is 19.5 Å². The van der Waals surface area contributed by atoms with Crippen molar-refractivity contribution < 1.29 is 19.4 Å². The molecule has 2 aromatic heterocycles. The molecule has 22 heavy (non-hydrogen) atoms. The van der Waals surface area contributed by atoms with E-state index in [0.717, 1.165) is 12.1 Å². The first-order chi connectivity index (χ1) is 10.5. The summed E-state index contributed by atoms with van der Waals surface area (Å²) in [6.45, 7) is 0. The number of rotatable bonds is 5. The van der Waals surface area contributed by atoms with Gasteiger partial charge in [0.25, 0.3) is 11.5 Å². The van der Waals surface area contributed by atoms with Crippen molar-refractivity contribution in [2.24, 2.45) is 0 Å². The lowest BCUT2D eigenvalue weighted by Crippen LogP contribution is -2.43. The molecule has 2 heterocycles. The highest BCUT2D eigenvalue weighted by Crippen LogP contribution is 2.06. The number of pyridine rings is 1. The highest BCUT2D eigenvalue weighted by molar-refractivity contribution is 5.96. The van der Waals surface area contributed by atoms with Gasteiger partial charge in [0.15, 0.2) is 5.88 Å². The molecule has 0 saturated carbocycles. The lowest BCUT2D eigenvalue weighted by molar-refractivity contribution is -0.142. The van der Waals surface area contributed by atoms with E-state index >= 15 is 0 Å². The van der Waals surface area contributed by atoms with E-state index in [2.05, 4.69) is 25.0 Å². The highest BCUT2D eigenvalue weighted by atomic mass is 16.5. The van der Waals surface area contributed by atoms with Gasteiger partial charge in [0.05, 0.1) is 19.0 Å². The Labute approximate surface area is 124 Å². The van der Waals surface area contributed by atoms with Crippen molar-refractivity contribution in [3.63, 3.8) is 0 Å². The molecule has 4 N–H and O–H groups in total. The minimum atomic E-state index is -0.959. The van der Waals surface area contributed by atoms with Crippen LogP contribution < -0.4 is 10.9 Å². The number of hydrogen-bond acceptors (Lipinski definition) is 6. The Hall–Kier alpha value is -3.10. The van der Waals surface area contributed by atoms with Crippen LogP contribution in [-0.2, 0) is 16.0 Å². The van der Waals surface area contributed by atoms with Gasteiger partial charge in [0.2, 0.25) is 0 Å². The maximum Gasteiger partial charge on any atom is 0.328 e. The largest absolute Gasteiger partial charge is 0.494 e. The van der Waals surface area contributed by atoms with E-state index in [0.29, 0.717) is 5.69 Å². The molecule has 0 bridgehead atoms. The quantitative estimate of drug-likeness (QED) is 0.540. The molecule has 0 unspecified atom stereocenters. The Morgan fingerprint density at radius 1 is 1.45 bits per heavy atom. The zero-order chi connectivity index (χ0) is 16.1. The summed E-state index contributed by atoms with van der Waals surface area (Å²) in [6.07, 6.45) is 3.11. The summed E-state index contributed by atoms with van der Waals surface area (Å²) in [6, 6.07) is 1.14. The van der Waals surface area contributed by atoms with Crippen LogP contribution >= 0.6 is 0 Å². The van der Waals surface area contributed by atoms with Crippen LogP contribution in [0.1, 0.15) is 16.1 Å². The third-order valence-electron chi connectivity index (χ3n) is 2.86. The van der Waals surface area contributed by atoms with Crippen LogP contribution in [0.25, 0.3) is 0 Å². The van der Waals surface area contributed by atoms with Crippen LogP contribution in [0, 0.1) is 0 Å². The third-order valence-corrected chi connectivity index (χ3v) is 2.86. The van der Waals surface area contributed by atoms with Crippen molar-refractivity contribution in [2.75, 3.05) is 7.11 Å². The number of aromatic amines is 2. The number of amides is 1. The van der Waals surface area contributed by atoms with Crippen molar-refractivity contribution in [3.05, 3.63) is 46.3 Å². The summed E-state index contributed by atoms with van der Waals surface area (Å²) in [7, 11) is 1.20. The summed E-state index contributed by atoms with van der Waals surface area (Å²) in [4.78, 5) is 43.8. The number of esters is 1. The van der Waals surface area contributed by atoms with E-state index in [-0.39, 0.29) is 12.0 Å². The van der Waals surface area contributed by atoms with E-state index in [1.165, 1.54) is 19.6 Å². The molecule has 0 aliphatic heterocycles. The average Bonchev–Trinajstić information content (AvgIpc) is 2.97. The summed E-state index contributed by atoms with van der Waals surface area (Å²) < 4.78 is 4.64. The number of aromatic hydroxyl groups is 1. The lowest BCUT2D eigenvalue weighted by atomic mass is 10.1. The fraction of sp³-hybridized carbons (Fsp3) is 0.231. The molecule has 0 fully saturated rings. The Kier molecular flexibility index (Phi) is 4.57. The number of imidazole rings is 1. The molecule has 0 saturated heterocycles. The molecule has 0 aliphatic carbocycles. The highest BCUT2D eigenvalue weighted by Gasteiger charge is 2.23. The molecule has 1 amide bonds. The number of methoxy groups -OCH3 is 1. The zero-order valence-corrected chi connectivity index (χ0v) is 11.6.